The van der Waals surface area contributed by atoms with Crippen molar-refractivity contribution in [2.24, 2.45) is 0 Å². The Morgan fingerprint density at radius 1 is 1.05 bits per heavy atom. The van der Waals surface area contributed by atoms with E-state index < -0.39 is 5.91 Å². The molecule has 2 rings (SSSR count). The molecule has 5 heteroatoms. The lowest BCUT2D eigenvalue weighted by molar-refractivity contribution is 0.101. The van der Waals surface area contributed by atoms with E-state index in [1.807, 2.05) is 0 Å². The van der Waals surface area contributed by atoms with Crippen LogP contribution in [0, 0.1) is 0 Å². The first kappa shape index (κ1) is 13.6. The van der Waals surface area contributed by atoms with Crippen molar-refractivity contribution in [2.45, 2.75) is 6.92 Å². The summed E-state index contributed by atoms with van der Waals surface area (Å²) >= 11 is 0. The largest absolute Gasteiger partial charge is 0.508 e. The van der Waals surface area contributed by atoms with Gasteiger partial charge >= 0.3 is 0 Å². The van der Waals surface area contributed by atoms with Crippen molar-refractivity contribution in [3.8, 4) is 11.5 Å². The quantitative estimate of drug-likeness (QED) is 0.749. The van der Waals surface area contributed by atoms with E-state index in [0.29, 0.717) is 11.3 Å². The average Bonchev–Trinajstić information content (AvgIpc) is 2.38. The van der Waals surface area contributed by atoms with Gasteiger partial charge in [-0.05, 0) is 31.2 Å². The van der Waals surface area contributed by atoms with Gasteiger partial charge in [-0.1, -0.05) is 12.1 Å². The molecule has 0 saturated heterocycles. The molecule has 0 atom stereocenters. The second-order valence-corrected chi connectivity index (χ2v) is 4.29. The highest BCUT2D eigenvalue weighted by molar-refractivity contribution is 6.06. The Kier molecular flexibility index (Phi) is 3.70. The van der Waals surface area contributed by atoms with E-state index in [2.05, 4.69) is 5.32 Å². The van der Waals surface area contributed by atoms with Gasteiger partial charge in [0.15, 0.2) is 5.78 Å². The summed E-state index contributed by atoms with van der Waals surface area (Å²) in [6.07, 6.45) is 0. The van der Waals surface area contributed by atoms with E-state index in [1.165, 1.54) is 19.1 Å². The zero-order valence-corrected chi connectivity index (χ0v) is 10.8. The van der Waals surface area contributed by atoms with Crippen molar-refractivity contribution in [3.05, 3.63) is 53.6 Å². The number of hydrogen-bond donors (Lipinski definition) is 3. The first-order valence-corrected chi connectivity index (χ1v) is 5.91. The summed E-state index contributed by atoms with van der Waals surface area (Å²) in [6.45, 7) is 1.44. The van der Waals surface area contributed by atoms with Gasteiger partial charge in [0.1, 0.15) is 11.5 Å². The molecule has 102 valence electrons. The predicted molar refractivity (Wildman–Crippen MR) is 74.2 cm³/mol. The van der Waals surface area contributed by atoms with Crippen molar-refractivity contribution in [3.63, 3.8) is 0 Å². The Labute approximate surface area is 115 Å². The van der Waals surface area contributed by atoms with Gasteiger partial charge in [-0.25, -0.2) is 0 Å². The lowest BCUT2D eigenvalue weighted by Crippen LogP contribution is -2.12. The van der Waals surface area contributed by atoms with Crippen LogP contribution in [0.1, 0.15) is 27.6 Å². The van der Waals surface area contributed by atoms with Gasteiger partial charge in [0.05, 0.1) is 5.56 Å². The predicted octanol–water partition coefficient (Wildman–Crippen LogP) is 2.55. The maximum atomic E-state index is 12.0. The number of Topliss-reactive ketones (excluding diaryl/α,β-unsaturated/α-hetero) is 1. The lowest BCUT2D eigenvalue weighted by atomic mass is 10.1. The molecular weight excluding hydrogens is 258 g/mol. The van der Waals surface area contributed by atoms with E-state index in [-0.39, 0.29) is 22.8 Å². The van der Waals surface area contributed by atoms with Gasteiger partial charge in [0, 0.05) is 17.3 Å². The van der Waals surface area contributed by atoms with Gasteiger partial charge in [0.25, 0.3) is 5.91 Å². The van der Waals surface area contributed by atoms with Gasteiger partial charge in [0.2, 0.25) is 0 Å². The monoisotopic (exact) mass is 271 g/mol. The molecule has 0 aliphatic heterocycles. The number of carbonyl (C=O) groups excluding carboxylic acids is 2. The minimum Gasteiger partial charge on any atom is -0.508 e. The normalized spacial score (nSPS) is 10.1. The third-order valence-electron chi connectivity index (χ3n) is 2.75. The Morgan fingerprint density at radius 2 is 1.80 bits per heavy atom. The van der Waals surface area contributed by atoms with Crippen LogP contribution in [-0.4, -0.2) is 21.9 Å². The molecule has 0 aliphatic carbocycles. The second kappa shape index (κ2) is 5.44. The van der Waals surface area contributed by atoms with Crippen LogP contribution < -0.4 is 5.32 Å². The van der Waals surface area contributed by atoms with Crippen molar-refractivity contribution < 1.29 is 19.8 Å². The molecule has 0 heterocycles. The summed E-state index contributed by atoms with van der Waals surface area (Å²) in [7, 11) is 0. The minimum absolute atomic E-state index is 0.0380. The van der Waals surface area contributed by atoms with Crippen LogP contribution in [0.4, 0.5) is 5.69 Å². The van der Waals surface area contributed by atoms with Crippen molar-refractivity contribution in [1.29, 1.82) is 0 Å². The Hall–Kier alpha value is -2.82. The third-order valence-corrected chi connectivity index (χ3v) is 2.75. The van der Waals surface area contributed by atoms with Crippen molar-refractivity contribution >= 4 is 17.4 Å². The van der Waals surface area contributed by atoms with Gasteiger partial charge in [-0.3, -0.25) is 9.59 Å². The molecule has 0 unspecified atom stereocenters. The molecule has 0 fully saturated rings. The SMILES string of the molecule is CC(=O)c1cccc(NC(=O)c2ccc(O)cc2O)c1. The van der Waals surface area contributed by atoms with Crippen LogP contribution >= 0.6 is 0 Å². The highest BCUT2D eigenvalue weighted by Crippen LogP contribution is 2.23. The van der Waals surface area contributed by atoms with E-state index in [1.54, 1.807) is 24.3 Å². The maximum absolute atomic E-state index is 12.0. The van der Waals surface area contributed by atoms with E-state index in [0.717, 1.165) is 6.07 Å². The molecule has 2 aromatic carbocycles. The number of hydrogen-bond acceptors (Lipinski definition) is 4. The molecule has 0 bridgehead atoms. The van der Waals surface area contributed by atoms with Gasteiger partial charge in [-0.2, -0.15) is 0 Å². The summed E-state index contributed by atoms with van der Waals surface area (Å²) in [4.78, 5) is 23.3. The summed E-state index contributed by atoms with van der Waals surface area (Å²) in [5.74, 6) is -1.07. The number of phenolic OH excluding ortho intramolecular Hbond substituents is 2. The fourth-order valence-electron chi connectivity index (χ4n) is 1.73. The summed E-state index contributed by atoms with van der Waals surface area (Å²) in [6, 6.07) is 10.2. The first-order chi connectivity index (χ1) is 9.47. The molecule has 0 aromatic heterocycles. The Bertz CT molecular complexity index is 679. The first-order valence-electron chi connectivity index (χ1n) is 5.91. The molecule has 0 saturated carbocycles. The van der Waals surface area contributed by atoms with E-state index in [4.69, 9.17) is 0 Å². The van der Waals surface area contributed by atoms with Crippen LogP contribution in [0.25, 0.3) is 0 Å². The highest BCUT2D eigenvalue weighted by atomic mass is 16.3. The molecule has 0 aliphatic rings. The van der Waals surface area contributed by atoms with Gasteiger partial charge < -0.3 is 15.5 Å². The molecule has 0 radical (unpaired) electrons. The molecule has 1 amide bonds. The topological polar surface area (TPSA) is 86.6 Å². The number of carbonyl (C=O) groups is 2. The van der Waals surface area contributed by atoms with Crippen LogP contribution in [-0.2, 0) is 0 Å². The summed E-state index contributed by atoms with van der Waals surface area (Å²) < 4.78 is 0. The Balaban J connectivity index is 2.23. The van der Waals surface area contributed by atoms with Crippen molar-refractivity contribution in [2.75, 3.05) is 5.32 Å². The van der Waals surface area contributed by atoms with Crippen LogP contribution in [0.3, 0.4) is 0 Å². The zero-order chi connectivity index (χ0) is 14.7. The van der Waals surface area contributed by atoms with Crippen LogP contribution in [0.5, 0.6) is 11.5 Å². The molecule has 2 aromatic rings. The van der Waals surface area contributed by atoms with Gasteiger partial charge in [-0.15, -0.1) is 0 Å². The van der Waals surface area contributed by atoms with Crippen LogP contribution in [0.15, 0.2) is 42.5 Å². The average molecular weight is 271 g/mol. The second-order valence-electron chi connectivity index (χ2n) is 4.29. The Morgan fingerprint density at radius 3 is 2.45 bits per heavy atom. The summed E-state index contributed by atoms with van der Waals surface area (Å²) in [5.41, 5.74) is 0.976. The fourth-order valence-corrected chi connectivity index (χ4v) is 1.73. The number of amides is 1. The number of phenols is 2. The third kappa shape index (κ3) is 2.95. The number of anilines is 1. The fraction of sp³-hybridized carbons (Fsp3) is 0.0667. The highest BCUT2D eigenvalue weighted by Gasteiger charge is 2.12. The molecule has 0 spiro atoms. The molecular formula is C15H13NO4. The number of benzene rings is 2. The van der Waals surface area contributed by atoms with Crippen molar-refractivity contribution in [1.82, 2.24) is 0 Å². The van der Waals surface area contributed by atoms with Crippen LogP contribution in [0.2, 0.25) is 0 Å². The number of nitrogens with one attached hydrogen (secondary N) is 1. The standard InChI is InChI=1S/C15H13NO4/c1-9(17)10-3-2-4-11(7-10)16-15(20)13-6-5-12(18)8-14(13)19/h2-8,18-19H,1H3,(H,16,20). The maximum Gasteiger partial charge on any atom is 0.259 e. The number of aromatic hydroxyl groups is 2. The van der Waals surface area contributed by atoms with E-state index in [9.17, 15) is 19.8 Å². The number of rotatable bonds is 3. The molecule has 5 nitrogen and oxygen atoms in total. The molecule has 20 heavy (non-hydrogen) atoms. The summed E-state index contributed by atoms with van der Waals surface area (Å²) in [5, 5.41) is 21.4. The smallest absolute Gasteiger partial charge is 0.259 e. The minimum atomic E-state index is -0.525. The zero-order valence-electron chi connectivity index (χ0n) is 10.8. The van der Waals surface area contributed by atoms with E-state index >= 15 is 0 Å². The lowest BCUT2D eigenvalue weighted by Gasteiger charge is -2.08. The molecule has 3 N–H and O–H groups in total. The number of ketones is 1.